The van der Waals surface area contributed by atoms with Crippen molar-refractivity contribution >= 4 is 11.9 Å². The number of hydrogen-bond donors (Lipinski definition) is 0. The van der Waals surface area contributed by atoms with Gasteiger partial charge in [0.2, 0.25) is 0 Å². The second kappa shape index (κ2) is 50.2. The number of ether oxygens (including phenoxy) is 3. The van der Waals surface area contributed by atoms with E-state index in [-0.39, 0.29) is 25.2 Å². The average molecular weight is 833 g/mol. The maximum absolute atomic E-state index is 12.7. The largest absolute Gasteiger partial charge is 0.462 e. The van der Waals surface area contributed by atoms with Crippen LogP contribution in [0, 0.1) is 0 Å². The van der Waals surface area contributed by atoms with E-state index in [9.17, 15) is 9.59 Å². The number of rotatable bonds is 44. The van der Waals surface area contributed by atoms with Crippen LogP contribution in [-0.4, -0.2) is 37.9 Å². The summed E-state index contributed by atoms with van der Waals surface area (Å²) >= 11 is 0. The maximum atomic E-state index is 12.7. The Bertz CT molecular complexity index is 1170. The minimum atomic E-state index is -0.553. The lowest BCUT2D eigenvalue weighted by Gasteiger charge is -2.18. The second-order valence-electron chi connectivity index (χ2n) is 16.0. The van der Waals surface area contributed by atoms with Crippen molar-refractivity contribution in [1.82, 2.24) is 0 Å². The lowest BCUT2D eigenvalue weighted by molar-refractivity contribution is -0.163. The van der Waals surface area contributed by atoms with E-state index in [0.717, 1.165) is 116 Å². The second-order valence-corrected chi connectivity index (χ2v) is 16.0. The molecule has 0 fully saturated rings. The first-order chi connectivity index (χ1) is 29.6. The molecule has 0 aromatic heterocycles. The smallest absolute Gasteiger partial charge is 0.306 e. The van der Waals surface area contributed by atoms with Gasteiger partial charge in [-0.25, -0.2) is 0 Å². The first-order valence-corrected chi connectivity index (χ1v) is 24.8. The van der Waals surface area contributed by atoms with E-state index < -0.39 is 6.10 Å². The Hall–Kier alpha value is -3.18. The quantitative estimate of drug-likeness (QED) is 0.0348. The summed E-state index contributed by atoms with van der Waals surface area (Å²) in [6, 6.07) is 0. The molecule has 342 valence electrons. The monoisotopic (exact) mass is 833 g/mol. The van der Waals surface area contributed by atoms with Crippen LogP contribution in [0.3, 0.4) is 0 Å². The molecule has 5 heteroatoms. The van der Waals surface area contributed by atoms with E-state index in [4.69, 9.17) is 14.2 Å². The van der Waals surface area contributed by atoms with E-state index in [1.165, 1.54) is 64.2 Å². The molecule has 0 aromatic rings. The third-order valence-corrected chi connectivity index (χ3v) is 10.1. The van der Waals surface area contributed by atoms with Crippen LogP contribution < -0.4 is 0 Å². The fraction of sp³-hybridized carbons (Fsp3) is 0.673. The highest BCUT2D eigenvalue weighted by molar-refractivity contribution is 5.70. The molecule has 1 unspecified atom stereocenters. The Morgan fingerprint density at radius 1 is 0.383 bits per heavy atom. The Balaban J connectivity index is 4.20. The zero-order valence-corrected chi connectivity index (χ0v) is 39.2. The number of carbonyl (C=O) groups excluding carboxylic acids is 2. The number of allylic oxidation sites excluding steroid dienone is 16. The highest BCUT2D eigenvalue weighted by atomic mass is 16.6. The lowest BCUT2D eigenvalue weighted by atomic mass is 10.1. The molecule has 0 aliphatic carbocycles. The fourth-order valence-corrected chi connectivity index (χ4v) is 6.49. The molecule has 0 rings (SSSR count). The Morgan fingerprint density at radius 3 is 1.20 bits per heavy atom. The zero-order valence-electron chi connectivity index (χ0n) is 39.2. The van der Waals surface area contributed by atoms with Crippen LogP contribution in [0.1, 0.15) is 213 Å². The predicted octanol–water partition coefficient (Wildman–Crippen LogP) is 16.7. The number of carbonyl (C=O) groups is 2. The van der Waals surface area contributed by atoms with Gasteiger partial charge in [-0.3, -0.25) is 9.59 Å². The molecule has 5 nitrogen and oxygen atoms in total. The summed E-state index contributed by atoms with van der Waals surface area (Å²) in [6.07, 6.45) is 67.1. The van der Waals surface area contributed by atoms with Gasteiger partial charge < -0.3 is 14.2 Å². The molecule has 0 saturated heterocycles. The van der Waals surface area contributed by atoms with Crippen LogP contribution in [0.2, 0.25) is 0 Å². The van der Waals surface area contributed by atoms with Crippen molar-refractivity contribution in [3.63, 3.8) is 0 Å². The molecule has 0 aliphatic rings. The molecule has 0 radical (unpaired) electrons. The van der Waals surface area contributed by atoms with Gasteiger partial charge in [-0.05, 0) is 96.3 Å². The molecule has 0 saturated carbocycles. The summed E-state index contributed by atoms with van der Waals surface area (Å²) < 4.78 is 17.3. The topological polar surface area (TPSA) is 61.8 Å². The highest BCUT2D eigenvalue weighted by Gasteiger charge is 2.17. The SMILES string of the molecule is CC/C=C\C/C=C\C/C=C\C/C=C\CCCCCCCCC(=O)OCC(COCCCCCCC/C=C\C/C=C\C/C=C\C/C=C\CC)OC(=O)CCCCCCCCC. The summed E-state index contributed by atoms with van der Waals surface area (Å²) in [5.74, 6) is -0.434. The van der Waals surface area contributed by atoms with Crippen LogP contribution in [0.5, 0.6) is 0 Å². The van der Waals surface area contributed by atoms with Crippen molar-refractivity contribution in [2.24, 2.45) is 0 Å². The van der Waals surface area contributed by atoms with Crippen molar-refractivity contribution in [2.45, 2.75) is 219 Å². The van der Waals surface area contributed by atoms with Gasteiger partial charge >= 0.3 is 11.9 Å². The molecule has 0 amide bonds. The minimum Gasteiger partial charge on any atom is -0.462 e. The first-order valence-electron chi connectivity index (χ1n) is 24.8. The van der Waals surface area contributed by atoms with Gasteiger partial charge in [-0.1, -0.05) is 201 Å². The summed E-state index contributed by atoms with van der Waals surface area (Å²) in [6.45, 7) is 7.50. The molecule has 1 atom stereocenters. The Labute approximate surface area is 371 Å². The van der Waals surface area contributed by atoms with Crippen LogP contribution in [0.15, 0.2) is 97.2 Å². The summed E-state index contributed by atoms with van der Waals surface area (Å²) in [4.78, 5) is 25.2. The van der Waals surface area contributed by atoms with Gasteiger partial charge in [-0.15, -0.1) is 0 Å². The standard InChI is InChI=1S/C55H92O5/c1-4-7-10-13-16-18-20-22-24-26-28-29-31-33-35-37-40-42-45-48-54(56)59-52-53(60-55(57)49-46-43-39-15-12-9-6-3)51-58-50-47-44-41-38-36-34-32-30-27-25-23-21-19-17-14-11-8-5-2/h7-8,10-11,16-19,22-25,28-30,32,53H,4-6,9,12-15,20-21,26-27,31,33-52H2,1-3H3/b10-7-,11-8-,18-16-,19-17-,24-22-,25-23-,29-28-,32-30-. The molecule has 0 bridgehead atoms. The molecular weight excluding hydrogens is 741 g/mol. The third-order valence-electron chi connectivity index (χ3n) is 10.1. The zero-order chi connectivity index (χ0) is 43.5. The minimum absolute atomic E-state index is 0.0657. The van der Waals surface area contributed by atoms with Crippen LogP contribution in [0.4, 0.5) is 0 Å². The maximum Gasteiger partial charge on any atom is 0.306 e. The fourth-order valence-electron chi connectivity index (χ4n) is 6.49. The third kappa shape index (κ3) is 47.5. The average Bonchev–Trinajstić information content (AvgIpc) is 3.25. The van der Waals surface area contributed by atoms with E-state index in [2.05, 4.69) is 118 Å². The summed E-state index contributed by atoms with van der Waals surface area (Å²) in [7, 11) is 0. The van der Waals surface area contributed by atoms with Gasteiger partial charge in [-0.2, -0.15) is 0 Å². The molecule has 0 aromatic carbocycles. The molecule has 0 N–H and O–H groups in total. The molecule has 60 heavy (non-hydrogen) atoms. The highest BCUT2D eigenvalue weighted by Crippen LogP contribution is 2.13. The predicted molar refractivity (Wildman–Crippen MR) is 260 cm³/mol. The number of esters is 2. The van der Waals surface area contributed by atoms with Gasteiger partial charge in [0.25, 0.3) is 0 Å². The van der Waals surface area contributed by atoms with Crippen LogP contribution >= 0.6 is 0 Å². The van der Waals surface area contributed by atoms with Crippen molar-refractivity contribution in [3.8, 4) is 0 Å². The van der Waals surface area contributed by atoms with E-state index in [1.54, 1.807) is 0 Å². The van der Waals surface area contributed by atoms with Gasteiger partial charge in [0.15, 0.2) is 6.10 Å². The Kier molecular flexibility index (Phi) is 47.5. The van der Waals surface area contributed by atoms with Crippen molar-refractivity contribution in [2.75, 3.05) is 19.8 Å². The van der Waals surface area contributed by atoms with Crippen molar-refractivity contribution in [3.05, 3.63) is 97.2 Å². The van der Waals surface area contributed by atoms with Crippen LogP contribution in [0.25, 0.3) is 0 Å². The van der Waals surface area contributed by atoms with E-state index >= 15 is 0 Å². The van der Waals surface area contributed by atoms with Gasteiger partial charge in [0.1, 0.15) is 6.61 Å². The Morgan fingerprint density at radius 2 is 0.750 bits per heavy atom. The number of unbranched alkanes of at least 4 members (excludes halogenated alkanes) is 17. The summed E-state index contributed by atoms with van der Waals surface area (Å²) in [5, 5.41) is 0. The lowest BCUT2D eigenvalue weighted by Crippen LogP contribution is -2.30. The first kappa shape index (κ1) is 56.8. The van der Waals surface area contributed by atoms with E-state index in [0.29, 0.717) is 19.4 Å². The summed E-state index contributed by atoms with van der Waals surface area (Å²) in [5.41, 5.74) is 0. The van der Waals surface area contributed by atoms with Gasteiger partial charge in [0, 0.05) is 19.4 Å². The van der Waals surface area contributed by atoms with Crippen LogP contribution in [-0.2, 0) is 23.8 Å². The normalized spacial score (nSPS) is 13.1. The molecule has 0 heterocycles. The molecule has 0 aliphatic heterocycles. The van der Waals surface area contributed by atoms with E-state index in [1.807, 2.05) is 0 Å². The van der Waals surface area contributed by atoms with Gasteiger partial charge in [0.05, 0.1) is 6.61 Å². The molecule has 0 spiro atoms. The molecular formula is C55H92O5. The van der Waals surface area contributed by atoms with Crippen molar-refractivity contribution in [1.29, 1.82) is 0 Å². The number of hydrogen-bond acceptors (Lipinski definition) is 5. The van der Waals surface area contributed by atoms with Crippen molar-refractivity contribution < 1.29 is 23.8 Å².